The van der Waals surface area contributed by atoms with Crippen molar-refractivity contribution in [3.8, 4) is 6.07 Å². The van der Waals surface area contributed by atoms with Gasteiger partial charge in [0.25, 0.3) is 0 Å². The Hall–Kier alpha value is -1.93. The standard InChI is InChI=1S/C15H22N4O/c1-3-19(13-14-5-9-17-10-6-14)12-7-15(20)18(2)11-4-8-16/h5-6,9-10H,3-4,7,11-13H2,1-2H3. The Balaban J connectivity index is 2.38. The third-order valence-electron chi connectivity index (χ3n) is 3.23. The minimum atomic E-state index is 0.0911. The fourth-order valence-corrected chi connectivity index (χ4v) is 1.88. The molecule has 0 radical (unpaired) electrons. The highest BCUT2D eigenvalue weighted by molar-refractivity contribution is 5.76. The Morgan fingerprint density at radius 3 is 2.65 bits per heavy atom. The van der Waals surface area contributed by atoms with Crippen LogP contribution in [-0.4, -0.2) is 47.4 Å². The molecule has 5 heteroatoms. The highest BCUT2D eigenvalue weighted by Gasteiger charge is 2.11. The molecule has 0 unspecified atom stereocenters. The first-order chi connectivity index (χ1) is 9.67. The number of amides is 1. The summed E-state index contributed by atoms with van der Waals surface area (Å²) in [6, 6.07) is 6.03. The van der Waals surface area contributed by atoms with Crippen molar-refractivity contribution in [2.45, 2.75) is 26.3 Å². The number of carbonyl (C=O) groups is 1. The number of hydrogen-bond acceptors (Lipinski definition) is 4. The molecule has 0 aliphatic rings. The van der Waals surface area contributed by atoms with Crippen molar-refractivity contribution in [3.05, 3.63) is 30.1 Å². The van der Waals surface area contributed by atoms with Crippen molar-refractivity contribution in [3.63, 3.8) is 0 Å². The van der Waals surface area contributed by atoms with E-state index < -0.39 is 0 Å². The van der Waals surface area contributed by atoms with Gasteiger partial charge in [-0.25, -0.2) is 0 Å². The summed E-state index contributed by atoms with van der Waals surface area (Å²) in [5.41, 5.74) is 1.20. The summed E-state index contributed by atoms with van der Waals surface area (Å²) in [5.74, 6) is 0.0911. The number of nitrogens with zero attached hydrogens (tertiary/aromatic N) is 4. The van der Waals surface area contributed by atoms with Crippen LogP contribution in [-0.2, 0) is 11.3 Å². The molecule has 1 aromatic rings. The fourth-order valence-electron chi connectivity index (χ4n) is 1.88. The Morgan fingerprint density at radius 2 is 2.05 bits per heavy atom. The SMILES string of the molecule is CCN(CCC(=O)N(C)CCC#N)Cc1ccncc1. The van der Waals surface area contributed by atoms with E-state index in [9.17, 15) is 4.79 Å². The molecule has 1 rings (SSSR count). The lowest BCUT2D eigenvalue weighted by molar-refractivity contribution is -0.130. The van der Waals surface area contributed by atoms with E-state index >= 15 is 0 Å². The summed E-state index contributed by atoms with van der Waals surface area (Å²) in [5, 5.41) is 8.52. The Kier molecular flexibility index (Phi) is 7.30. The topological polar surface area (TPSA) is 60.2 Å². The number of rotatable bonds is 8. The van der Waals surface area contributed by atoms with Crippen molar-refractivity contribution >= 4 is 5.91 Å². The van der Waals surface area contributed by atoms with Gasteiger partial charge < -0.3 is 4.90 Å². The summed E-state index contributed by atoms with van der Waals surface area (Å²) in [6.07, 6.45) is 4.44. The van der Waals surface area contributed by atoms with Crippen LogP contribution in [0.2, 0.25) is 0 Å². The van der Waals surface area contributed by atoms with Gasteiger partial charge in [0.2, 0.25) is 5.91 Å². The molecular formula is C15H22N4O. The monoisotopic (exact) mass is 274 g/mol. The zero-order valence-electron chi connectivity index (χ0n) is 12.2. The molecule has 0 atom stereocenters. The predicted octanol–water partition coefficient (Wildman–Crippen LogP) is 1.67. The lowest BCUT2D eigenvalue weighted by atomic mass is 10.2. The fraction of sp³-hybridized carbons (Fsp3) is 0.533. The van der Waals surface area contributed by atoms with Crippen LogP contribution in [0.5, 0.6) is 0 Å². The molecule has 1 heterocycles. The third kappa shape index (κ3) is 5.81. The Labute approximate surface area is 120 Å². The van der Waals surface area contributed by atoms with E-state index in [1.54, 1.807) is 24.3 Å². The summed E-state index contributed by atoms with van der Waals surface area (Å²) in [7, 11) is 1.75. The second-order valence-electron chi connectivity index (χ2n) is 4.70. The summed E-state index contributed by atoms with van der Waals surface area (Å²) in [4.78, 5) is 19.8. The average molecular weight is 274 g/mol. The number of nitriles is 1. The van der Waals surface area contributed by atoms with E-state index in [4.69, 9.17) is 5.26 Å². The first-order valence-corrected chi connectivity index (χ1v) is 6.89. The first-order valence-electron chi connectivity index (χ1n) is 6.89. The van der Waals surface area contributed by atoms with E-state index in [-0.39, 0.29) is 5.91 Å². The molecule has 0 aromatic carbocycles. The van der Waals surface area contributed by atoms with Crippen LogP contribution in [0.15, 0.2) is 24.5 Å². The maximum atomic E-state index is 11.9. The van der Waals surface area contributed by atoms with Crippen LogP contribution >= 0.6 is 0 Å². The Bertz CT molecular complexity index is 441. The molecule has 0 spiro atoms. The maximum absolute atomic E-state index is 11.9. The largest absolute Gasteiger partial charge is 0.345 e. The smallest absolute Gasteiger partial charge is 0.223 e. The minimum absolute atomic E-state index is 0.0911. The maximum Gasteiger partial charge on any atom is 0.223 e. The van der Waals surface area contributed by atoms with Gasteiger partial charge in [0.05, 0.1) is 12.5 Å². The number of hydrogen-bond donors (Lipinski definition) is 0. The molecule has 0 aliphatic heterocycles. The van der Waals surface area contributed by atoms with Crippen LogP contribution in [0.3, 0.4) is 0 Å². The van der Waals surface area contributed by atoms with Crippen molar-refractivity contribution in [1.82, 2.24) is 14.8 Å². The van der Waals surface area contributed by atoms with Gasteiger partial charge in [0.1, 0.15) is 0 Å². The van der Waals surface area contributed by atoms with Crippen LogP contribution in [0.1, 0.15) is 25.3 Å². The second-order valence-corrected chi connectivity index (χ2v) is 4.70. The molecular weight excluding hydrogens is 252 g/mol. The molecule has 0 saturated carbocycles. The molecule has 20 heavy (non-hydrogen) atoms. The van der Waals surface area contributed by atoms with Crippen LogP contribution in [0, 0.1) is 11.3 Å². The number of carbonyl (C=O) groups excluding carboxylic acids is 1. The van der Waals surface area contributed by atoms with Gasteiger partial charge in [-0.2, -0.15) is 5.26 Å². The predicted molar refractivity (Wildman–Crippen MR) is 77.7 cm³/mol. The molecule has 0 fully saturated rings. The van der Waals surface area contributed by atoms with Crippen molar-refractivity contribution < 1.29 is 4.79 Å². The summed E-state index contributed by atoms with van der Waals surface area (Å²) >= 11 is 0. The van der Waals surface area contributed by atoms with Gasteiger partial charge in [-0.05, 0) is 24.2 Å². The highest BCUT2D eigenvalue weighted by atomic mass is 16.2. The normalized spacial score (nSPS) is 10.3. The van der Waals surface area contributed by atoms with E-state index in [0.717, 1.165) is 19.6 Å². The van der Waals surface area contributed by atoms with Crippen LogP contribution in [0.25, 0.3) is 0 Å². The lowest BCUT2D eigenvalue weighted by Gasteiger charge is -2.22. The molecule has 5 nitrogen and oxygen atoms in total. The zero-order valence-corrected chi connectivity index (χ0v) is 12.2. The molecule has 108 valence electrons. The van der Waals surface area contributed by atoms with Gasteiger partial charge in [-0.1, -0.05) is 6.92 Å². The molecule has 0 aliphatic carbocycles. The number of aromatic nitrogens is 1. The van der Waals surface area contributed by atoms with Crippen molar-refractivity contribution in [2.24, 2.45) is 0 Å². The van der Waals surface area contributed by atoms with E-state index in [1.807, 2.05) is 12.1 Å². The van der Waals surface area contributed by atoms with Crippen LogP contribution < -0.4 is 0 Å². The van der Waals surface area contributed by atoms with Crippen molar-refractivity contribution in [2.75, 3.05) is 26.7 Å². The van der Waals surface area contributed by atoms with Crippen LogP contribution in [0.4, 0.5) is 0 Å². The zero-order chi connectivity index (χ0) is 14.8. The molecule has 0 N–H and O–H groups in total. The number of pyridine rings is 1. The van der Waals surface area contributed by atoms with Gasteiger partial charge in [0, 0.05) is 45.5 Å². The minimum Gasteiger partial charge on any atom is -0.345 e. The van der Waals surface area contributed by atoms with Gasteiger partial charge in [-0.15, -0.1) is 0 Å². The lowest BCUT2D eigenvalue weighted by Crippen LogP contribution is -2.32. The average Bonchev–Trinajstić information content (AvgIpc) is 2.49. The molecule has 1 amide bonds. The first kappa shape index (κ1) is 16.1. The van der Waals surface area contributed by atoms with Gasteiger partial charge >= 0.3 is 0 Å². The summed E-state index contributed by atoms with van der Waals surface area (Å²) in [6.45, 7) is 5.05. The second kappa shape index (κ2) is 9.05. The highest BCUT2D eigenvalue weighted by Crippen LogP contribution is 2.04. The summed E-state index contributed by atoms with van der Waals surface area (Å²) < 4.78 is 0. The van der Waals surface area contributed by atoms with E-state index in [1.165, 1.54) is 5.56 Å². The van der Waals surface area contributed by atoms with E-state index in [0.29, 0.717) is 19.4 Å². The quantitative estimate of drug-likeness (QED) is 0.723. The third-order valence-corrected chi connectivity index (χ3v) is 3.23. The van der Waals surface area contributed by atoms with E-state index in [2.05, 4.69) is 22.9 Å². The van der Waals surface area contributed by atoms with Gasteiger partial charge in [-0.3, -0.25) is 14.7 Å². The molecule has 1 aromatic heterocycles. The molecule has 0 saturated heterocycles. The van der Waals surface area contributed by atoms with Gasteiger partial charge in [0.15, 0.2) is 0 Å². The molecule has 0 bridgehead atoms. The Morgan fingerprint density at radius 1 is 1.35 bits per heavy atom. The van der Waals surface area contributed by atoms with Crippen molar-refractivity contribution in [1.29, 1.82) is 5.26 Å².